The number of hydrogen-bond acceptors (Lipinski definition) is 4. The van der Waals surface area contributed by atoms with E-state index in [4.69, 9.17) is 10.00 Å². The number of hydrogen-bond donors (Lipinski definition) is 1. The van der Waals surface area contributed by atoms with Crippen molar-refractivity contribution in [3.8, 4) is 11.8 Å². The van der Waals surface area contributed by atoms with Gasteiger partial charge in [-0.2, -0.15) is 5.26 Å². The average molecular weight is 335 g/mol. The van der Waals surface area contributed by atoms with Crippen LogP contribution in [0.5, 0.6) is 5.75 Å². The van der Waals surface area contributed by atoms with Gasteiger partial charge in [0.1, 0.15) is 5.75 Å². The van der Waals surface area contributed by atoms with Crippen LogP contribution < -0.4 is 10.1 Å². The summed E-state index contributed by atoms with van der Waals surface area (Å²) in [6, 6.07) is 17.2. The zero-order valence-corrected chi connectivity index (χ0v) is 14.2. The molecule has 1 aliphatic rings. The monoisotopic (exact) mass is 335 g/mol. The van der Waals surface area contributed by atoms with E-state index >= 15 is 0 Å². The van der Waals surface area contributed by atoms with Gasteiger partial charge in [-0.1, -0.05) is 30.3 Å². The zero-order valence-electron chi connectivity index (χ0n) is 14.2. The van der Waals surface area contributed by atoms with Gasteiger partial charge in [0.25, 0.3) is 0 Å². The average Bonchev–Trinajstić information content (AvgIpc) is 3.00. The third-order valence-electron chi connectivity index (χ3n) is 4.46. The lowest BCUT2D eigenvalue weighted by Gasteiger charge is -2.18. The van der Waals surface area contributed by atoms with E-state index in [1.165, 1.54) is 0 Å². The van der Waals surface area contributed by atoms with Crippen LogP contribution in [0.2, 0.25) is 0 Å². The van der Waals surface area contributed by atoms with Crippen molar-refractivity contribution < 1.29 is 9.53 Å². The zero-order chi connectivity index (χ0) is 17.6. The lowest BCUT2D eigenvalue weighted by Crippen LogP contribution is -2.37. The number of likely N-dealkylation sites (tertiary alicyclic amines) is 1. The number of ether oxygens (including phenoxy) is 1. The summed E-state index contributed by atoms with van der Waals surface area (Å²) in [6.07, 6.45) is 0.784. The number of nitrogens with zero attached hydrogens (tertiary/aromatic N) is 2. The molecule has 25 heavy (non-hydrogen) atoms. The lowest BCUT2D eigenvalue weighted by atomic mass is 10.1. The van der Waals surface area contributed by atoms with Gasteiger partial charge in [-0.3, -0.25) is 4.79 Å². The first kappa shape index (κ1) is 17.0. The summed E-state index contributed by atoms with van der Waals surface area (Å²) in [5.74, 6) is 0.933. The van der Waals surface area contributed by atoms with Gasteiger partial charge in [0.2, 0.25) is 5.91 Å². The Morgan fingerprint density at radius 2 is 2.12 bits per heavy atom. The van der Waals surface area contributed by atoms with Crippen LogP contribution in [0.15, 0.2) is 48.5 Å². The molecular formula is C20H21N3O2. The Morgan fingerprint density at radius 3 is 2.92 bits per heavy atom. The highest BCUT2D eigenvalue weighted by Crippen LogP contribution is 2.19. The second-order valence-corrected chi connectivity index (χ2v) is 6.11. The van der Waals surface area contributed by atoms with E-state index in [2.05, 4.69) is 11.4 Å². The van der Waals surface area contributed by atoms with E-state index in [0.29, 0.717) is 18.7 Å². The molecule has 1 aliphatic heterocycles. The van der Waals surface area contributed by atoms with E-state index in [9.17, 15) is 4.79 Å². The minimum atomic E-state index is -0.177. The number of rotatable bonds is 6. The fourth-order valence-corrected chi connectivity index (χ4v) is 3.13. The third-order valence-corrected chi connectivity index (χ3v) is 4.46. The molecule has 1 saturated heterocycles. The maximum absolute atomic E-state index is 12.6. The number of amides is 1. The number of para-hydroxylation sites is 1. The van der Waals surface area contributed by atoms with E-state index in [1.54, 1.807) is 13.2 Å². The number of methoxy groups -OCH3 is 1. The predicted octanol–water partition coefficient (Wildman–Crippen LogP) is 2.46. The SMILES string of the molecule is COc1ccccc1CN[C@H]1CCN(Cc2cccc(C#N)c2)C1=O. The molecule has 3 rings (SSSR count). The molecule has 0 unspecified atom stereocenters. The molecule has 2 aromatic rings. The van der Waals surface area contributed by atoms with Crippen molar-refractivity contribution in [2.45, 2.75) is 25.6 Å². The maximum Gasteiger partial charge on any atom is 0.240 e. The maximum atomic E-state index is 12.6. The molecule has 1 atom stereocenters. The molecule has 5 heteroatoms. The molecule has 0 radical (unpaired) electrons. The van der Waals surface area contributed by atoms with Gasteiger partial charge in [0, 0.05) is 25.2 Å². The summed E-state index contributed by atoms with van der Waals surface area (Å²) in [5.41, 5.74) is 2.64. The van der Waals surface area contributed by atoms with Crippen LogP contribution in [0.1, 0.15) is 23.1 Å². The molecule has 2 aromatic carbocycles. The molecule has 0 bridgehead atoms. The summed E-state index contributed by atoms with van der Waals surface area (Å²) < 4.78 is 5.35. The summed E-state index contributed by atoms with van der Waals surface area (Å²) >= 11 is 0. The van der Waals surface area contributed by atoms with Gasteiger partial charge in [0.15, 0.2) is 0 Å². The predicted molar refractivity (Wildman–Crippen MR) is 94.8 cm³/mol. The minimum absolute atomic E-state index is 0.109. The fraction of sp³-hybridized carbons (Fsp3) is 0.300. The van der Waals surface area contributed by atoms with E-state index in [0.717, 1.165) is 29.8 Å². The Morgan fingerprint density at radius 1 is 1.28 bits per heavy atom. The van der Waals surface area contributed by atoms with Gasteiger partial charge in [-0.25, -0.2) is 0 Å². The number of benzene rings is 2. The van der Waals surface area contributed by atoms with Crippen LogP contribution in [0, 0.1) is 11.3 Å². The highest BCUT2D eigenvalue weighted by Gasteiger charge is 2.31. The molecule has 0 aromatic heterocycles. The van der Waals surface area contributed by atoms with Crippen LogP contribution in [-0.2, 0) is 17.9 Å². The van der Waals surface area contributed by atoms with Crippen molar-refractivity contribution in [2.75, 3.05) is 13.7 Å². The van der Waals surface area contributed by atoms with Crippen molar-refractivity contribution >= 4 is 5.91 Å². The highest BCUT2D eigenvalue weighted by molar-refractivity contribution is 5.84. The third kappa shape index (κ3) is 3.98. The van der Waals surface area contributed by atoms with E-state index in [-0.39, 0.29) is 11.9 Å². The highest BCUT2D eigenvalue weighted by atomic mass is 16.5. The van der Waals surface area contributed by atoms with Crippen molar-refractivity contribution in [3.63, 3.8) is 0 Å². The summed E-state index contributed by atoms with van der Waals surface area (Å²) in [7, 11) is 1.65. The molecular weight excluding hydrogens is 314 g/mol. The normalized spacial score (nSPS) is 16.7. The largest absolute Gasteiger partial charge is 0.496 e. The molecule has 0 spiro atoms. The molecule has 0 saturated carbocycles. The van der Waals surface area contributed by atoms with Gasteiger partial charge in [0.05, 0.1) is 24.8 Å². The first-order valence-electron chi connectivity index (χ1n) is 8.34. The Hall–Kier alpha value is -2.84. The fourth-order valence-electron chi connectivity index (χ4n) is 3.13. The number of carbonyl (C=O) groups excluding carboxylic acids is 1. The second-order valence-electron chi connectivity index (χ2n) is 6.11. The van der Waals surface area contributed by atoms with Crippen molar-refractivity contribution in [1.82, 2.24) is 10.2 Å². The first-order valence-corrected chi connectivity index (χ1v) is 8.34. The van der Waals surface area contributed by atoms with Gasteiger partial charge < -0.3 is 15.0 Å². The van der Waals surface area contributed by atoms with Crippen molar-refractivity contribution in [3.05, 3.63) is 65.2 Å². The molecule has 1 fully saturated rings. The minimum Gasteiger partial charge on any atom is -0.496 e. The Labute approximate surface area is 147 Å². The smallest absolute Gasteiger partial charge is 0.240 e. The number of nitriles is 1. The summed E-state index contributed by atoms with van der Waals surface area (Å²) in [5, 5.41) is 12.3. The van der Waals surface area contributed by atoms with Crippen LogP contribution in [-0.4, -0.2) is 30.5 Å². The first-order chi connectivity index (χ1) is 12.2. The molecule has 1 N–H and O–H groups in total. The quantitative estimate of drug-likeness (QED) is 0.881. The van der Waals surface area contributed by atoms with E-state index in [1.807, 2.05) is 47.4 Å². The van der Waals surface area contributed by atoms with Gasteiger partial charge in [-0.15, -0.1) is 0 Å². The Kier molecular flexibility index (Phi) is 5.32. The van der Waals surface area contributed by atoms with Gasteiger partial charge >= 0.3 is 0 Å². The van der Waals surface area contributed by atoms with Crippen LogP contribution in [0.3, 0.4) is 0 Å². The van der Waals surface area contributed by atoms with Crippen molar-refractivity contribution in [1.29, 1.82) is 5.26 Å². The Bertz CT molecular complexity index is 798. The second kappa shape index (κ2) is 7.82. The molecule has 5 nitrogen and oxygen atoms in total. The number of carbonyl (C=O) groups is 1. The van der Waals surface area contributed by atoms with Crippen LogP contribution in [0.4, 0.5) is 0 Å². The molecule has 0 aliphatic carbocycles. The van der Waals surface area contributed by atoms with Gasteiger partial charge in [-0.05, 0) is 30.2 Å². The van der Waals surface area contributed by atoms with Crippen LogP contribution in [0.25, 0.3) is 0 Å². The topological polar surface area (TPSA) is 65.4 Å². The number of nitrogens with one attached hydrogen (secondary N) is 1. The van der Waals surface area contributed by atoms with Crippen LogP contribution >= 0.6 is 0 Å². The summed E-state index contributed by atoms with van der Waals surface area (Å²) in [4.78, 5) is 14.5. The standard InChI is InChI=1S/C20H21N3O2/c1-25-19-8-3-2-7-17(19)13-22-18-9-10-23(20(18)24)14-16-6-4-5-15(11-16)12-21/h2-8,11,18,22H,9-10,13-14H2,1H3/t18-/m0/s1. The Balaban J connectivity index is 1.59. The summed E-state index contributed by atoms with van der Waals surface area (Å²) in [6.45, 7) is 1.86. The lowest BCUT2D eigenvalue weighted by molar-refractivity contribution is -0.129. The van der Waals surface area contributed by atoms with Crippen molar-refractivity contribution in [2.24, 2.45) is 0 Å². The molecule has 1 amide bonds. The van der Waals surface area contributed by atoms with E-state index < -0.39 is 0 Å². The molecule has 128 valence electrons. The molecule has 1 heterocycles.